The molecule has 0 spiro atoms. The van der Waals surface area contributed by atoms with E-state index in [9.17, 15) is 4.79 Å². The van der Waals surface area contributed by atoms with E-state index in [0.29, 0.717) is 23.6 Å². The number of hydrogen-bond acceptors (Lipinski definition) is 4. The zero-order valence-corrected chi connectivity index (χ0v) is 14.5. The zero-order chi connectivity index (χ0) is 16.9. The van der Waals surface area contributed by atoms with Crippen molar-refractivity contribution in [2.45, 2.75) is 38.7 Å². The summed E-state index contributed by atoms with van der Waals surface area (Å²) in [4.78, 5) is 12.4. The maximum absolute atomic E-state index is 12.4. The van der Waals surface area contributed by atoms with Gasteiger partial charge < -0.3 is 9.47 Å². The number of aromatic nitrogens is 2. The van der Waals surface area contributed by atoms with Crippen molar-refractivity contribution in [3.63, 3.8) is 0 Å². The van der Waals surface area contributed by atoms with Gasteiger partial charge in [0.1, 0.15) is 12.2 Å². The van der Waals surface area contributed by atoms with Crippen LogP contribution in [-0.4, -0.2) is 35.1 Å². The van der Waals surface area contributed by atoms with Crippen LogP contribution in [-0.2, 0) is 15.9 Å². The number of ether oxygens (including phenoxy) is 2. The van der Waals surface area contributed by atoms with Crippen LogP contribution < -0.4 is 0 Å². The Labute approximate surface area is 146 Å². The molecule has 0 aliphatic carbocycles. The predicted molar refractivity (Wildman–Crippen MR) is 91.8 cm³/mol. The molecule has 0 bridgehead atoms. The van der Waals surface area contributed by atoms with Crippen LogP contribution in [0.5, 0.6) is 0 Å². The lowest BCUT2D eigenvalue weighted by Gasteiger charge is -2.22. The molecule has 0 radical (unpaired) electrons. The van der Waals surface area contributed by atoms with E-state index in [0.717, 1.165) is 37.3 Å². The quantitative estimate of drug-likeness (QED) is 0.771. The Morgan fingerprint density at radius 2 is 2.33 bits per heavy atom. The third-order valence-electron chi connectivity index (χ3n) is 4.15. The molecular formula is C18H21ClN2O3. The second-order valence-corrected chi connectivity index (χ2v) is 6.27. The Hall–Kier alpha value is -1.85. The standard InChI is InChI=1S/C18H21ClN2O3/c1-2-17-16(18(22)24-12-15-8-3-4-9-23-15)11-20-21(17)14-7-5-6-13(19)10-14/h5-7,10-11,15H,2-4,8-9,12H2,1H3. The summed E-state index contributed by atoms with van der Waals surface area (Å²) in [6, 6.07) is 7.39. The molecule has 0 amide bonds. The minimum Gasteiger partial charge on any atom is -0.459 e. The van der Waals surface area contributed by atoms with Gasteiger partial charge in [0.25, 0.3) is 0 Å². The van der Waals surface area contributed by atoms with Crippen molar-refractivity contribution in [3.8, 4) is 5.69 Å². The number of nitrogens with zero attached hydrogens (tertiary/aromatic N) is 2. The molecule has 2 aromatic rings. The molecule has 1 saturated heterocycles. The molecule has 6 heteroatoms. The highest BCUT2D eigenvalue weighted by atomic mass is 35.5. The minimum absolute atomic E-state index is 0.00995. The van der Waals surface area contributed by atoms with Crippen LogP contribution in [0.15, 0.2) is 30.5 Å². The highest BCUT2D eigenvalue weighted by Crippen LogP contribution is 2.20. The molecule has 1 atom stereocenters. The van der Waals surface area contributed by atoms with Gasteiger partial charge >= 0.3 is 5.97 Å². The average molecular weight is 349 g/mol. The Morgan fingerprint density at radius 3 is 3.04 bits per heavy atom. The molecule has 0 N–H and O–H groups in total. The number of carbonyl (C=O) groups excluding carboxylic acids is 1. The molecule has 128 valence electrons. The van der Waals surface area contributed by atoms with E-state index in [2.05, 4.69) is 5.10 Å². The minimum atomic E-state index is -0.352. The normalized spacial score (nSPS) is 17.7. The lowest BCUT2D eigenvalue weighted by atomic mass is 10.1. The zero-order valence-electron chi connectivity index (χ0n) is 13.7. The lowest BCUT2D eigenvalue weighted by molar-refractivity contribution is -0.0300. The largest absolute Gasteiger partial charge is 0.459 e. The first-order chi connectivity index (χ1) is 11.7. The van der Waals surface area contributed by atoms with E-state index >= 15 is 0 Å². The molecule has 1 unspecified atom stereocenters. The monoisotopic (exact) mass is 348 g/mol. The van der Waals surface area contributed by atoms with Crippen molar-refractivity contribution < 1.29 is 14.3 Å². The van der Waals surface area contributed by atoms with Gasteiger partial charge in [-0.3, -0.25) is 0 Å². The Bertz CT molecular complexity index is 708. The first kappa shape index (κ1) is 17.0. The molecule has 1 aliphatic rings. The molecule has 5 nitrogen and oxygen atoms in total. The van der Waals surface area contributed by atoms with Crippen LogP contribution in [0.1, 0.15) is 42.2 Å². The van der Waals surface area contributed by atoms with Gasteiger partial charge in [0.2, 0.25) is 0 Å². The summed E-state index contributed by atoms with van der Waals surface area (Å²) in [6.07, 6.45) is 5.37. The molecule has 1 aliphatic heterocycles. The fourth-order valence-electron chi connectivity index (χ4n) is 2.90. The van der Waals surface area contributed by atoms with Crippen LogP contribution >= 0.6 is 11.6 Å². The van der Waals surface area contributed by atoms with E-state index < -0.39 is 0 Å². The van der Waals surface area contributed by atoms with Gasteiger partial charge in [0, 0.05) is 11.6 Å². The summed E-state index contributed by atoms with van der Waals surface area (Å²) in [6.45, 7) is 3.03. The van der Waals surface area contributed by atoms with Crippen molar-refractivity contribution in [1.29, 1.82) is 0 Å². The van der Waals surface area contributed by atoms with E-state index in [1.807, 2.05) is 25.1 Å². The van der Waals surface area contributed by atoms with Gasteiger partial charge in [-0.2, -0.15) is 5.10 Å². The van der Waals surface area contributed by atoms with Gasteiger partial charge in [-0.1, -0.05) is 24.6 Å². The van der Waals surface area contributed by atoms with Crippen molar-refractivity contribution in [2.24, 2.45) is 0 Å². The van der Waals surface area contributed by atoms with Crippen LogP contribution in [0.4, 0.5) is 0 Å². The molecule has 1 aromatic carbocycles. The molecule has 0 saturated carbocycles. The number of hydrogen-bond donors (Lipinski definition) is 0. The highest BCUT2D eigenvalue weighted by molar-refractivity contribution is 6.30. The number of halogens is 1. The summed E-state index contributed by atoms with van der Waals surface area (Å²) in [7, 11) is 0. The van der Waals surface area contributed by atoms with Gasteiger partial charge in [0.05, 0.1) is 23.7 Å². The van der Waals surface area contributed by atoms with E-state index in [-0.39, 0.29) is 12.1 Å². The van der Waals surface area contributed by atoms with E-state index in [1.165, 1.54) is 0 Å². The van der Waals surface area contributed by atoms with E-state index in [4.69, 9.17) is 21.1 Å². The number of esters is 1. The molecule has 2 heterocycles. The number of benzene rings is 1. The average Bonchev–Trinajstić information content (AvgIpc) is 3.04. The fourth-order valence-corrected chi connectivity index (χ4v) is 3.08. The Morgan fingerprint density at radius 1 is 1.46 bits per heavy atom. The van der Waals surface area contributed by atoms with Crippen LogP contribution in [0.25, 0.3) is 5.69 Å². The van der Waals surface area contributed by atoms with Crippen LogP contribution in [0, 0.1) is 0 Å². The van der Waals surface area contributed by atoms with Crippen molar-refractivity contribution in [1.82, 2.24) is 9.78 Å². The third kappa shape index (κ3) is 3.79. The third-order valence-corrected chi connectivity index (χ3v) is 4.39. The van der Waals surface area contributed by atoms with Gasteiger partial charge in [-0.25, -0.2) is 9.48 Å². The number of carbonyl (C=O) groups is 1. The second-order valence-electron chi connectivity index (χ2n) is 5.84. The molecule has 1 aromatic heterocycles. The highest BCUT2D eigenvalue weighted by Gasteiger charge is 2.21. The van der Waals surface area contributed by atoms with Gasteiger partial charge in [-0.15, -0.1) is 0 Å². The summed E-state index contributed by atoms with van der Waals surface area (Å²) in [5.41, 5.74) is 2.13. The predicted octanol–water partition coefficient (Wildman–Crippen LogP) is 3.81. The SMILES string of the molecule is CCc1c(C(=O)OCC2CCCCO2)cnn1-c1cccc(Cl)c1. The maximum atomic E-state index is 12.4. The van der Waals surface area contributed by atoms with E-state index in [1.54, 1.807) is 16.9 Å². The summed E-state index contributed by atoms with van der Waals surface area (Å²) in [5, 5.41) is 4.97. The van der Waals surface area contributed by atoms with Crippen LogP contribution in [0.3, 0.4) is 0 Å². The van der Waals surface area contributed by atoms with Gasteiger partial charge in [-0.05, 0) is 43.9 Å². The summed E-state index contributed by atoms with van der Waals surface area (Å²) < 4.78 is 12.8. The van der Waals surface area contributed by atoms with Crippen molar-refractivity contribution >= 4 is 17.6 Å². The van der Waals surface area contributed by atoms with Crippen LogP contribution in [0.2, 0.25) is 5.02 Å². The lowest BCUT2D eigenvalue weighted by Crippen LogP contribution is -2.26. The van der Waals surface area contributed by atoms with Gasteiger partial charge in [0.15, 0.2) is 0 Å². The maximum Gasteiger partial charge on any atom is 0.341 e. The topological polar surface area (TPSA) is 53.4 Å². The molecule has 1 fully saturated rings. The molecule has 3 rings (SSSR count). The summed E-state index contributed by atoms with van der Waals surface area (Å²) in [5.74, 6) is -0.352. The number of rotatable bonds is 5. The molecular weight excluding hydrogens is 328 g/mol. The fraction of sp³-hybridized carbons (Fsp3) is 0.444. The first-order valence-corrected chi connectivity index (χ1v) is 8.68. The first-order valence-electron chi connectivity index (χ1n) is 8.30. The smallest absolute Gasteiger partial charge is 0.341 e. The van der Waals surface area contributed by atoms with Crippen molar-refractivity contribution in [2.75, 3.05) is 13.2 Å². The van der Waals surface area contributed by atoms with Crippen molar-refractivity contribution in [3.05, 3.63) is 46.7 Å². The Kier molecular flexibility index (Phi) is 5.53. The Balaban J connectivity index is 1.74. The molecule has 24 heavy (non-hydrogen) atoms. The summed E-state index contributed by atoms with van der Waals surface area (Å²) >= 11 is 6.05. The second kappa shape index (κ2) is 7.81.